The van der Waals surface area contributed by atoms with Crippen molar-refractivity contribution in [2.75, 3.05) is 14.2 Å². The monoisotopic (exact) mass is 496 g/mol. The number of benzene rings is 4. The molecule has 0 heterocycles. The van der Waals surface area contributed by atoms with Crippen LogP contribution in [0.5, 0.6) is 11.5 Å². The number of methoxy groups -OCH3 is 2. The third kappa shape index (κ3) is 4.93. The van der Waals surface area contributed by atoms with Gasteiger partial charge in [0, 0.05) is 0 Å². The van der Waals surface area contributed by atoms with Crippen LogP contribution in [0.4, 0.5) is 0 Å². The fourth-order valence-corrected chi connectivity index (χ4v) is 6.58. The standard InChI is InChI=1S/C26H24O6S2/c1-31-21-9-13-23(14-10-21)33(27,28)17-19-7-8-20(26-6-4-3-5-25(19)26)18-34(29,30)24-15-11-22(32-2)12-16-24/h3-16H,17-18H2,1-2H3. The lowest BCUT2D eigenvalue weighted by Crippen LogP contribution is -2.08. The molecule has 176 valence electrons. The molecule has 0 aromatic heterocycles. The van der Waals surface area contributed by atoms with E-state index in [1.807, 2.05) is 24.3 Å². The van der Waals surface area contributed by atoms with Gasteiger partial charge < -0.3 is 9.47 Å². The summed E-state index contributed by atoms with van der Waals surface area (Å²) in [6.45, 7) is 0. The van der Waals surface area contributed by atoms with Gasteiger partial charge in [-0.25, -0.2) is 16.8 Å². The highest BCUT2D eigenvalue weighted by atomic mass is 32.2. The van der Waals surface area contributed by atoms with Gasteiger partial charge in [-0.1, -0.05) is 36.4 Å². The van der Waals surface area contributed by atoms with Gasteiger partial charge in [0.05, 0.1) is 35.5 Å². The Kier molecular flexibility index (Phi) is 6.63. The van der Waals surface area contributed by atoms with Gasteiger partial charge in [0.2, 0.25) is 0 Å². The lowest BCUT2D eigenvalue weighted by atomic mass is 10.0. The third-order valence-corrected chi connectivity index (χ3v) is 9.00. The molecule has 0 aliphatic carbocycles. The van der Waals surface area contributed by atoms with Gasteiger partial charge in [-0.15, -0.1) is 0 Å². The van der Waals surface area contributed by atoms with Crippen LogP contribution >= 0.6 is 0 Å². The molecule has 0 aliphatic rings. The average molecular weight is 497 g/mol. The van der Waals surface area contributed by atoms with Gasteiger partial charge in [0.25, 0.3) is 0 Å². The number of fused-ring (bicyclic) bond motifs is 1. The van der Waals surface area contributed by atoms with E-state index >= 15 is 0 Å². The minimum Gasteiger partial charge on any atom is -0.497 e. The van der Waals surface area contributed by atoms with Crippen molar-refractivity contribution in [2.45, 2.75) is 21.3 Å². The summed E-state index contributed by atoms with van der Waals surface area (Å²) >= 11 is 0. The lowest BCUT2D eigenvalue weighted by Gasteiger charge is -2.13. The lowest BCUT2D eigenvalue weighted by molar-refractivity contribution is 0.414. The summed E-state index contributed by atoms with van der Waals surface area (Å²) in [6.07, 6.45) is 0. The number of rotatable bonds is 8. The van der Waals surface area contributed by atoms with Crippen molar-refractivity contribution in [1.29, 1.82) is 0 Å². The van der Waals surface area contributed by atoms with Gasteiger partial charge in [-0.3, -0.25) is 0 Å². The molecule has 4 aromatic rings. The van der Waals surface area contributed by atoms with Crippen molar-refractivity contribution in [3.63, 3.8) is 0 Å². The van der Waals surface area contributed by atoms with Crippen LogP contribution in [-0.2, 0) is 31.2 Å². The fourth-order valence-electron chi connectivity index (χ4n) is 3.82. The average Bonchev–Trinajstić information content (AvgIpc) is 2.85. The summed E-state index contributed by atoms with van der Waals surface area (Å²) in [4.78, 5) is 0.395. The smallest absolute Gasteiger partial charge is 0.182 e. The van der Waals surface area contributed by atoms with Gasteiger partial charge in [-0.05, 0) is 70.4 Å². The van der Waals surface area contributed by atoms with Crippen molar-refractivity contribution >= 4 is 30.4 Å². The molecule has 34 heavy (non-hydrogen) atoms. The summed E-state index contributed by atoms with van der Waals surface area (Å²) in [6, 6.07) is 23.2. The molecule has 0 spiro atoms. The normalized spacial score (nSPS) is 11.9. The van der Waals surface area contributed by atoms with Crippen LogP contribution in [0, 0.1) is 0 Å². The zero-order valence-electron chi connectivity index (χ0n) is 18.8. The van der Waals surface area contributed by atoms with E-state index in [4.69, 9.17) is 9.47 Å². The first-order valence-electron chi connectivity index (χ1n) is 10.5. The Balaban J connectivity index is 1.68. The summed E-state index contributed by atoms with van der Waals surface area (Å²) in [5.41, 5.74) is 1.22. The van der Waals surface area contributed by atoms with E-state index in [1.165, 1.54) is 38.5 Å². The largest absolute Gasteiger partial charge is 0.497 e. The van der Waals surface area contributed by atoms with E-state index in [-0.39, 0.29) is 21.3 Å². The highest BCUT2D eigenvalue weighted by Crippen LogP contribution is 2.29. The van der Waals surface area contributed by atoms with Crippen molar-refractivity contribution in [2.24, 2.45) is 0 Å². The van der Waals surface area contributed by atoms with Crippen LogP contribution in [0.15, 0.2) is 94.7 Å². The van der Waals surface area contributed by atoms with Crippen molar-refractivity contribution in [3.05, 3.63) is 96.1 Å². The number of ether oxygens (including phenoxy) is 2. The molecule has 0 radical (unpaired) electrons. The van der Waals surface area contributed by atoms with Crippen LogP contribution in [0.2, 0.25) is 0 Å². The molecular weight excluding hydrogens is 472 g/mol. The Labute approximate surface area is 199 Å². The molecule has 0 N–H and O–H groups in total. The van der Waals surface area contributed by atoms with Crippen LogP contribution < -0.4 is 9.47 Å². The first-order valence-corrected chi connectivity index (χ1v) is 13.8. The van der Waals surface area contributed by atoms with Crippen molar-refractivity contribution < 1.29 is 26.3 Å². The molecule has 0 aliphatic heterocycles. The number of hydrogen-bond acceptors (Lipinski definition) is 6. The molecule has 0 saturated heterocycles. The molecule has 4 rings (SSSR count). The summed E-state index contributed by atoms with van der Waals surface area (Å²) in [5, 5.41) is 1.42. The minimum atomic E-state index is -3.61. The van der Waals surface area contributed by atoms with E-state index in [1.54, 1.807) is 36.4 Å². The molecule has 4 aromatic carbocycles. The first kappa shape index (κ1) is 23.8. The Morgan fingerprint density at radius 1 is 0.529 bits per heavy atom. The van der Waals surface area contributed by atoms with E-state index in [2.05, 4.69) is 0 Å². The Hall–Kier alpha value is -3.36. The van der Waals surface area contributed by atoms with Crippen LogP contribution in [0.1, 0.15) is 11.1 Å². The van der Waals surface area contributed by atoms with Crippen LogP contribution in [0.25, 0.3) is 10.8 Å². The van der Waals surface area contributed by atoms with Crippen molar-refractivity contribution in [1.82, 2.24) is 0 Å². The molecule has 0 amide bonds. The second kappa shape index (κ2) is 9.48. The number of hydrogen-bond donors (Lipinski definition) is 0. The van der Waals surface area contributed by atoms with E-state index in [0.29, 0.717) is 33.4 Å². The number of sulfone groups is 2. The minimum absolute atomic E-state index is 0.198. The third-order valence-electron chi connectivity index (χ3n) is 5.63. The molecular formula is C26H24O6S2. The van der Waals surface area contributed by atoms with Gasteiger partial charge >= 0.3 is 0 Å². The fraction of sp³-hybridized carbons (Fsp3) is 0.154. The summed E-state index contributed by atoms with van der Waals surface area (Å²) in [5.74, 6) is 0.745. The first-order chi connectivity index (χ1) is 16.2. The Morgan fingerprint density at radius 2 is 0.882 bits per heavy atom. The van der Waals surface area contributed by atoms with Gasteiger partial charge in [0.1, 0.15) is 11.5 Å². The zero-order chi connectivity index (χ0) is 24.3. The molecule has 0 atom stereocenters. The molecule has 0 saturated carbocycles. The van der Waals surface area contributed by atoms with Gasteiger partial charge in [0.15, 0.2) is 19.7 Å². The van der Waals surface area contributed by atoms with Crippen LogP contribution in [0.3, 0.4) is 0 Å². The van der Waals surface area contributed by atoms with Crippen LogP contribution in [-0.4, -0.2) is 31.1 Å². The molecule has 8 heteroatoms. The second-order valence-corrected chi connectivity index (χ2v) is 11.8. The molecule has 6 nitrogen and oxygen atoms in total. The summed E-state index contributed by atoms with van der Waals surface area (Å²) < 4.78 is 62.4. The second-order valence-electron chi connectivity index (χ2n) is 7.80. The molecule has 0 fully saturated rings. The predicted octanol–water partition coefficient (Wildman–Crippen LogP) is 4.80. The topological polar surface area (TPSA) is 86.7 Å². The van der Waals surface area contributed by atoms with Crippen molar-refractivity contribution in [3.8, 4) is 11.5 Å². The Bertz CT molecular complexity index is 1410. The molecule has 0 unspecified atom stereocenters. The summed E-state index contributed by atoms with van der Waals surface area (Å²) in [7, 11) is -4.19. The van der Waals surface area contributed by atoms with E-state index in [0.717, 1.165) is 0 Å². The molecule has 0 bridgehead atoms. The maximum Gasteiger partial charge on any atom is 0.182 e. The SMILES string of the molecule is COc1ccc(S(=O)(=O)Cc2ccc(CS(=O)(=O)c3ccc(OC)cc3)c3ccccc23)cc1. The maximum absolute atomic E-state index is 13.0. The highest BCUT2D eigenvalue weighted by molar-refractivity contribution is 7.91. The maximum atomic E-state index is 13.0. The van der Waals surface area contributed by atoms with E-state index in [9.17, 15) is 16.8 Å². The Morgan fingerprint density at radius 3 is 1.21 bits per heavy atom. The van der Waals surface area contributed by atoms with E-state index < -0.39 is 19.7 Å². The zero-order valence-corrected chi connectivity index (χ0v) is 20.4. The highest BCUT2D eigenvalue weighted by Gasteiger charge is 2.21. The quantitative estimate of drug-likeness (QED) is 0.348. The predicted molar refractivity (Wildman–Crippen MR) is 132 cm³/mol. The van der Waals surface area contributed by atoms with Gasteiger partial charge in [-0.2, -0.15) is 0 Å².